The molecule has 1 saturated heterocycles. The van der Waals surface area contributed by atoms with Crippen LogP contribution in [-0.2, 0) is 0 Å². The van der Waals surface area contributed by atoms with Crippen molar-refractivity contribution in [3.8, 4) is 11.4 Å². The number of halogens is 1. The lowest BCUT2D eigenvalue weighted by Crippen LogP contribution is -2.44. The molecule has 4 rings (SSSR count). The minimum absolute atomic E-state index is 0. The van der Waals surface area contributed by atoms with E-state index in [1.807, 2.05) is 66.1 Å². The van der Waals surface area contributed by atoms with E-state index in [4.69, 9.17) is 17.3 Å². The largest absolute Gasteiger partial charge is 0.369 e. The molecule has 0 bridgehead atoms. The number of hydrogen-bond donors (Lipinski definition) is 1. The molecule has 0 amide bonds. The number of para-hydroxylation sites is 1. The number of likely N-dealkylation sites (N-methyl/N-ethyl adjacent to an activating group) is 2. The summed E-state index contributed by atoms with van der Waals surface area (Å²) in [5.41, 5.74) is 8.29. The quantitative estimate of drug-likeness (QED) is 0.448. The van der Waals surface area contributed by atoms with Crippen LogP contribution in [0.4, 0.5) is 5.69 Å². The number of hydrogen-bond acceptors (Lipinski definition) is 6. The van der Waals surface area contributed by atoms with Gasteiger partial charge in [0.25, 0.3) is 0 Å². The Kier molecular flexibility index (Phi) is 16.9. The Morgan fingerprint density at radius 3 is 1.97 bits per heavy atom. The summed E-state index contributed by atoms with van der Waals surface area (Å²) in [6.07, 6.45) is 0. The van der Waals surface area contributed by atoms with E-state index in [9.17, 15) is 0 Å². The van der Waals surface area contributed by atoms with Crippen molar-refractivity contribution in [2.24, 2.45) is 5.73 Å². The van der Waals surface area contributed by atoms with Crippen molar-refractivity contribution in [1.29, 1.82) is 0 Å². The molecule has 0 atom stereocenters. The monoisotopic (exact) mass is 502 g/mol. The van der Waals surface area contributed by atoms with Gasteiger partial charge >= 0.3 is 0 Å². The first kappa shape index (κ1) is 32.8. The molecule has 1 aromatic heterocycles. The van der Waals surface area contributed by atoms with Gasteiger partial charge in [0.1, 0.15) is 5.15 Å². The Balaban J connectivity index is 0.000000914. The molecule has 35 heavy (non-hydrogen) atoms. The van der Waals surface area contributed by atoms with Gasteiger partial charge in [0.05, 0.1) is 5.52 Å². The van der Waals surface area contributed by atoms with Crippen LogP contribution in [0.5, 0.6) is 0 Å². The average Bonchev–Trinajstić information content (AvgIpc) is 2.87. The second kappa shape index (κ2) is 18.1. The molecule has 2 aromatic carbocycles. The van der Waals surface area contributed by atoms with Gasteiger partial charge < -0.3 is 20.4 Å². The molecular weight excluding hydrogens is 456 g/mol. The third-order valence-corrected chi connectivity index (χ3v) is 5.42. The predicted octanol–water partition coefficient (Wildman–Crippen LogP) is 5.90. The third-order valence-electron chi connectivity index (χ3n) is 5.13. The number of anilines is 1. The van der Waals surface area contributed by atoms with Crippen molar-refractivity contribution in [2.75, 3.05) is 65.3 Å². The van der Waals surface area contributed by atoms with Gasteiger partial charge in [-0.05, 0) is 57.5 Å². The number of nitrogens with two attached hydrogens (primary N) is 1. The molecule has 0 aliphatic carbocycles. The smallest absolute Gasteiger partial charge is 0.161 e. The summed E-state index contributed by atoms with van der Waals surface area (Å²) in [5.74, 6) is 0.670. The molecule has 196 valence electrons. The van der Waals surface area contributed by atoms with Crippen LogP contribution in [0.1, 0.15) is 35.1 Å². The number of piperazine rings is 1. The molecule has 1 aliphatic rings. The zero-order valence-corrected chi connectivity index (χ0v) is 22.8. The lowest BCUT2D eigenvalue weighted by atomic mass is 10.1. The lowest BCUT2D eigenvalue weighted by Gasteiger charge is -2.34. The van der Waals surface area contributed by atoms with Crippen LogP contribution in [0.2, 0.25) is 5.15 Å². The lowest BCUT2D eigenvalue weighted by molar-refractivity contribution is 0.313. The molecule has 2 heterocycles. The molecule has 0 radical (unpaired) electrons. The summed E-state index contributed by atoms with van der Waals surface area (Å²) >= 11 is 6.31. The Morgan fingerprint density at radius 2 is 1.46 bits per heavy atom. The Bertz CT molecular complexity index is 938. The predicted molar refractivity (Wildman–Crippen MR) is 157 cm³/mol. The fourth-order valence-corrected chi connectivity index (χ4v) is 3.55. The van der Waals surface area contributed by atoms with Gasteiger partial charge in [-0.2, -0.15) is 0 Å². The first-order valence-electron chi connectivity index (χ1n) is 12.3. The number of benzene rings is 2. The van der Waals surface area contributed by atoms with Gasteiger partial charge in [0.15, 0.2) is 5.82 Å². The van der Waals surface area contributed by atoms with Gasteiger partial charge in [-0.25, -0.2) is 9.97 Å². The second-order valence-corrected chi connectivity index (χ2v) is 8.14. The van der Waals surface area contributed by atoms with Crippen molar-refractivity contribution in [3.63, 3.8) is 0 Å². The van der Waals surface area contributed by atoms with Crippen LogP contribution in [-0.4, -0.2) is 80.2 Å². The van der Waals surface area contributed by atoms with E-state index < -0.39 is 0 Å². The highest BCUT2D eigenvalue weighted by molar-refractivity contribution is 6.34. The Morgan fingerprint density at radius 1 is 0.886 bits per heavy atom. The van der Waals surface area contributed by atoms with Crippen LogP contribution in [0, 0.1) is 0 Å². The number of fused-ring (bicyclic) bond motifs is 1. The van der Waals surface area contributed by atoms with Gasteiger partial charge in [-0.3, -0.25) is 0 Å². The van der Waals surface area contributed by atoms with Crippen LogP contribution < -0.4 is 10.6 Å². The highest BCUT2D eigenvalue weighted by Gasteiger charge is 2.14. The SMILES string of the molecule is C.CC.CC.CN(C)CCN.CN1CCN(c2ccc(-c3nc(Cl)c4ccccc4n3)cc2)CC1. The molecule has 2 N–H and O–H groups in total. The number of nitrogens with zero attached hydrogens (tertiary/aromatic N) is 5. The zero-order valence-electron chi connectivity index (χ0n) is 22.1. The van der Waals surface area contributed by atoms with E-state index in [-0.39, 0.29) is 7.43 Å². The molecule has 0 unspecified atom stereocenters. The van der Waals surface area contributed by atoms with Crippen molar-refractivity contribution >= 4 is 28.2 Å². The maximum absolute atomic E-state index is 6.31. The standard InChI is InChI=1S/C19H19ClN4.C4H12N2.2C2H6.CH4/c1-23-10-12-24(13-11-23)15-8-6-14(7-9-15)19-21-17-5-3-2-4-16(17)18(20)22-19;1-6(2)4-3-5;2*1-2;/h2-9H,10-13H2,1H3;3-5H2,1-2H3;2*1-2H3;1H4. The third kappa shape index (κ3) is 10.5. The van der Waals surface area contributed by atoms with Gasteiger partial charge in [-0.1, -0.05) is 58.9 Å². The summed E-state index contributed by atoms with van der Waals surface area (Å²) < 4.78 is 0. The molecule has 1 fully saturated rings. The normalized spacial score (nSPS) is 12.9. The average molecular weight is 503 g/mol. The van der Waals surface area contributed by atoms with Crippen molar-refractivity contribution in [3.05, 3.63) is 53.7 Å². The second-order valence-electron chi connectivity index (χ2n) is 7.78. The summed E-state index contributed by atoms with van der Waals surface area (Å²) in [7, 11) is 6.18. The molecule has 6 nitrogen and oxygen atoms in total. The summed E-state index contributed by atoms with van der Waals surface area (Å²) in [6, 6.07) is 16.3. The maximum atomic E-state index is 6.31. The minimum Gasteiger partial charge on any atom is -0.369 e. The maximum Gasteiger partial charge on any atom is 0.161 e. The van der Waals surface area contributed by atoms with Crippen LogP contribution in [0.25, 0.3) is 22.3 Å². The molecule has 7 heteroatoms. The summed E-state index contributed by atoms with van der Waals surface area (Å²) in [4.78, 5) is 15.9. The fourth-order valence-electron chi connectivity index (χ4n) is 3.31. The topological polar surface area (TPSA) is 61.5 Å². The number of aromatic nitrogens is 2. The first-order chi connectivity index (χ1) is 16.5. The molecule has 3 aromatic rings. The van der Waals surface area contributed by atoms with E-state index in [1.54, 1.807) is 0 Å². The minimum atomic E-state index is 0. The molecule has 0 saturated carbocycles. The van der Waals surface area contributed by atoms with E-state index in [1.165, 1.54) is 5.69 Å². The van der Waals surface area contributed by atoms with E-state index in [0.717, 1.165) is 55.7 Å². The summed E-state index contributed by atoms with van der Waals surface area (Å²) in [5, 5.41) is 1.38. The van der Waals surface area contributed by atoms with E-state index in [2.05, 4.69) is 56.0 Å². The molecule has 1 aliphatic heterocycles. The zero-order chi connectivity index (χ0) is 25.5. The highest BCUT2D eigenvalue weighted by Crippen LogP contribution is 2.26. The molecular formula is C28H47ClN6. The highest BCUT2D eigenvalue weighted by atomic mass is 35.5. The number of rotatable bonds is 4. The van der Waals surface area contributed by atoms with Crippen molar-refractivity contribution < 1.29 is 0 Å². The van der Waals surface area contributed by atoms with Gasteiger partial charge in [-0.15, -0.1) is 0 Å². The Hall–Kier alpha value is -2.25. The van der Waals surface area contributed by atoms with Crippen molar-refractivity contribution in [2.45, 2.75) is 35.1 Å². The van der Waals surface area contributed by atoms with Crippen LogP contribution >= 0.6 is 11.6 Å². The van der Waals surface area contributed by atoms with Gasteiger partial charge in [0.2, 0.25) is 0 Å². The Labute approximate surface area is 219 Å². The van der Waals surface area contributed by atoms with Gasteiger partial charge in [0, 0.05) is 55.9 Å². The molecule has 0 spiro atoms. The first-order valence-corrected chi connectivity index (χ1v) is 12.7. The van der Waals surface area contributed by atoms with Crippen LogP contribution in [0.3, 0.4) is 0 Å². The van der Waals surface area contributed by atoms with Crippen LogP contribution in [0.15, 0.2) is 48.5 Å². The van der Waals surface area contributed by atoms with E-state index in [0.29, 0.717) is 11.0 Å². The fraction of sp³-hybridized carbons (Fsp3) is 0.500. The van der Waals surface area contributed by atoms with E-state index >= 15 is 0 Å². The van der Waals surface area contributed by atoms with Crippen molar-refractivity contribution in [1.82, 2.24) is 19.8 Å². The summed E-state index contributed by atoms with van der Waals surface area (Å²) in [6.45, 7) is 14.1.